The number of hydrogen-bond acceptors (Lipinski definition) is 3. The molecule has 2 amide bonds. The van der Waals surface area contributed by atoms with Crippen molar-refractivity contribution in [3.05, 3.63) is 52.2 Å². The van der Waals surface area contributed by atoms with Crippen molar-refractivity contribution >= 4 is 6.03 Å². The summed E-state index contributed by atoms with van der Waals surface area (Å²) in [6.07, 6.45) is 4.41. The molecule has 0 unspecified atom stereocenters. The first kappa shape index (κ1) is 17.3. The number of likely N-dealkylation sites (tertiary alicyclic amines) is 1. The molecule has 7 nitrogen and oxygen atoms in total. The smallest absolute Gasteiger partial charge is 0.317 e. The lowest BCUT2D eigenvalue weighted by Crippen LogP contribution is -2.44. The van der Waals surface area contributed by atoms with Crippen molar-refractivity contribution in [1.82, 2.24) is 25.0 Å². The summed E-state index contributed by atoms with van der Waals surface area (Å²) >= 11 is 0. The summed E-state index contributed by atoms with van der Waals surface area (Å²) in [5.74, 6) is 0.458. The molecule has 1 fully saturated rings. The average molecular weight is 343 g/mol. The summed E-state index contributed by atoms with van der Waals surface area (Å²) in [5, 5.41) is 9.98. The van der Waals surface area contributed by atoms with E-state index in [4.69, 9.17) is 0 Å². The second-order valence-electron chi connectivity index (χ2n) is 6.52. The van der Waals surface area contributed by atoms with Gasteiger partial charge in [0.05, 0.1) is 0 Å². The molecule has 3 rings (SSSR count). The van der Waals surface area contributed by atoms with Crippen LogP contribution in [0.15, 0.2) is 35.3 Å². The number of aryl methyl sites for hydroxylation is 1. The predicted octanol–water partition coefficient (Wildman–Crippen LogP) is 1.86. The van der Waals surface area contributed by atoms with Crippen LogP contribution >= 0.6 is 0 Å². The van der Waals surface area contributed by atoms with E-state index in [1.54, 1.807) is 22.9 Å². The Hall–Kier alpha value is -2.57. The molecule has 0 atom stereocenters. The predicted molar refractivity (Wildman–Crippen MR) is 95.6 cm³/mol. The number of H-pyrrole nitrogens is 1. The van der Waals surface area contributed by atoms with Crippen LogP contribution in [0, 0.1) is 6.92 Å². The molecule has 0 radical (unpaired) electrons. The number of rotatable bonds is 5. The zero-order chi connectivity index (χ0) is 17.6. The Labute approximate surface area is 147 Å². The van der Waals surface area contributed by atoms with Crippen LogP contribution in [0.4, 0.5) is 4.79 Å². The number of carbonyl (C=O) groups excluding carboxylic acids is 1. The number of piperidine rings is 1. The summed E-state index contributed by atoms with van der Waals surface area (Å²) in [5.41, 5.74) is 2.11. The van der Waals surface area contributed by atoms with Gasteiger partial charge in [0.2, 0.25) is 0 Å². The lowest BCUT2D eigenvalue weighted by Gasteiger charge is -2.31. The summed E-state index contributed by atoms with van der Waals surface area (Å²) in [4.78, 5) is 25.9. The maximum Gasteiger partial charge on any atom is 0.317 e. The second-order valence-corrected chi connectivity index (χ2v) is 6.52. The molecular formula is C18H25N5O2. The van der Waals surface area contributed by atoms with Crippen LogP contribution in [0.1, 0.15) is 36.6 Å². The van der Waals surface area contributed by atoms with Crippen LogP contribution in [0.5, 0.6) is 0 Å². The van der Waals surface area contributed by atoms with Gasteiger partial charge in [0.1, 0.15) is 0 Å². The second kappa shape index (κ2) is 8.00. The number of carbonyl (C=O) groups is 1. The fraction of sp³-hybridized carbons (Fsp3) is 0.500. The van der Waals surface area contributed by atoms with Crippen LogP contribution in [-0.4, -0.2) is 45.3 Å². The molecule has 1 aliphatic heterocycles. The van der Waals surface area contributed by atoms with Gasteiger partial charge in [-0.1, -0.05) is 6.07 Å². The number of nitrogens with zero attached hydrogens (tertiary/aromatic N) is 3. The quantitative estimate of drug-likeness (QED) is 0.813. The Balaban J connectivity index is 1.39. The Bertz CT molecular complexity index is 745. The minimum atomic E-state index is -0.0137. The van der Waals surface area contributed by atoms with Gasteiger partial charge in [-0.2, -0.15) is 5.10 Å². The highest BCUT2D eigenvalue weighted by Crippen LogP contribution is 2.26. The number of aromatic nitrogens is 3. The molecule has 2 aromatic heterocycles. The minimum absolute atomic E-state index is 0.00667. The molecule has 1 saturated heterocycles. The maximum atomic E-state index is 12.3. The van der Waals surface area contributed by atoms with Gasteiger partial charge < -0.3 is 14.8 Å². The maximum absolute atomic E-state index is 12.3. The third kappa shape index (κ3) is 4.29. The molecule has 0 bridgehead atoms. The van der Waals surface area contributed by atoms with Gasteiger partial charge in [0.15, 0.2) is 0 Å². The molecule has 0 spiro atoms. The third-order valence-electron chi connectivity index (χ3n) is 4.85. The fourth-order valence-corrected chi connectivity index (χ4v) is 3.34. The number of pyridine rings is 1. The highest BCUT2D eigenvalue weighted by atomic mass is 16.2. The summed E-state index contributed by atoms with van der Waals surface area (Å²) in [6, 6.07) is 7.25. The van der Waals surface area contributed by atoms with Gasteiger partial charge >= 0.3 is 6.03 Å². The lowest BCUT2D eigenvalue weighted by molar-refractivity contribution is 0.180. The summed E-state index contributed by atoms with van der Waals surface area (Å²) < 4.78 is 1.74. The van der Waals surface area contributed by atoms with Crippen molar-refractivity contribution in [2.75, 3.05) is 19.6 Å². The molecule has 1 aliphatic rings. The first-order valence-corrected chi connectivity index (χ1v) is 8.83. The Morgan fingerprint density at radius 1 is 1.32 bits per heavy atom. The first-order chi connectivity index (χ1) is 12.1. The number of urea groups is 1. The zero-order valence-corrected chi connectivity index (χ0v) is 14.6. The molecule has 25 heavy (non-hydrogen) atoms. The Kier molecular flexibility index (Phi) is 5.53. The summed E-state index contributed by atoms with van der Waals surface area (Å²) in [6.45, 7) is 4.62. The number of amides is 2. The Morgan fingerprint density at radius 3 is 2.80 bits per heavy atom. The van der Waals surface area contributed by atoms with E-state index >= 15 is 0 Å². The highest BCUT2D eigenvalue weighted by molar-refractivity contribution is 5.74. The molecule has 2 aromatic rings. The summed E-state index contributed by atoms with van der Waals surface area (Å²) in [7, 11) is 0. The largest absolute Gasteiger partial charge is 0.338 e. The molecule has 134 valence electrons. The monoisotopic (exact) mass is 343 g/mol. The molecule has 0 aromatic carbocycles. The third-order valence-corrected chi connectivity index (χ3v) is 4.85. The molecule has 0 aliphatic carbocycles. The van der Waals surface area contributed by atoms with Crippen molar-refractivity contribution in [1.29, 1.82) is 0 Å². The van der Waals surface area contributed by atoms with Crippen molar-refractivity contribution in [2.24, 2.45) is 0 Å². The van der Waals surface area contributed by atoms with E-state index in [0.29, 0.717) is 19.0 Å². The van der Waals surface area contributed by atoms with Crippen LogP contribution in [-0.2, 0) is 6.54 Å². The van der Waals surface area contributed by atoms with Gasteiger partial charge in [-0.25, -0.2) is 4.79 Å². The topological polar surface area (TPSA) is 83.0 Å². The SMILES string of the molecule is Cc1cccc(=O)n1CCCNC(=O)N1CCC(c2ccn[nH]2)CC1. The van der Waals surface area contributed by atoms with Crippen LogP contribution in [0.3, 0.4) is 0 Å². The van der Waals surface area contributed by atoms with Crippen LogP contribution in [0.2, 0.25) is 0 Å². The number of aromatic amines is 1. The van der Waals surface area contributed by atoms with Crippen molar-refractivity contribution < 1.29 is 4.79 Å². The molecule has 3 heterocycles. The molecule has 2 N–H and O–H groups in total. The van der Waals surface area contributed by atoms with Gasteiger partial charge in [-0.05, 0) is 38.3 Å². The van der Waals surface area contributed by atoms with Crippen molar-refractivity contribution in [3.8, 4) is 0 Å². The van der Waals surface area contributed by atoms with Gasteiger partial charge in [0, 0.05) is 55.7 Å². The number of hydrogen-bond donors (Lipinski definition) is 2. The minimum Gasteiger partial charge on any atom is -0.338 e. The average Bonchev–Trinajstić information content (AvgIpc) is 3.15. The van der Waals surface area contributed by atoms with Crippen molar-refractivity contribution in [2.45, 2.75) is 38.6 Å². The van der Waals surface area contributed by atoms with E-state index in [9.17, 15) is 9.59 Å². The van der Waals surface area contributed by atoms with Crippen molar-refractivity contribution in [3.63, 3.8) is 0 Å². The first-order valence-electron chi connectivity index (χ1n) is 8.83. The normalized spacial score (nSPS) is 15.3. The molecule has 7 heteroatoms. The number of nitrogens with one attached hydrogen (secondary N) is 2. The van der Waals surface area contributed by atoms with Crippen LogP contribution in [0.25, 0.3) is 0 Å². The van der Waals surface area contributed by atoms with E-state index in [2.05, 4.69) is 15.5 Å². The van der Waals surface area contributed by atoms with E-state index in [1.165, 1.54) is 0 Å². The van der Waals surface area contributed by atoms with Gasteiger partial charge in [-0.3, -0.25) is 9.89 Å². The lowest BCUT2D eigenvalue weighted by atomic mass is 9.94. The van der Waals surface area contributed by atoms with Gasteiger partial charge in [-0.15, -0.1) is 0 Å². The van der Waals surface area contributed by atoms with Crippen LogP contribution < -0.4 is 10.9 Å². The van der Waals surface area contributed by atoms with Gasteiger partial charge in [0.25, 0.3) is 5.56 Å². The zero-order valence-electron chi connectivity index (χ0n) is 14.6. The fourth-order valence-electron chi connectivity index (χ4n) is 3.34. The van der Waals surface area contributed by atoms with E-state index < -0.39 is 0 Å². The standard InChI is InChI=1S/C18H25N5O2/c1-14-4-2-5-17(24)23(14)11-3-9-19-18(25)22-12-7-15(8-13-22)16-6-10-20-21-16/h2,4-6,10,15H,3,7-9,11-13H2,1H3,(H,19,25)(H,20,21). The van der Waals surface area contributed by atoms with E-state index in [-0.39, 0.29) is 11.6 Å². The Morgan fingerprint density at radius 2 is 2.12 bits per heavy atom. The van der Waals surface area contributed by atoms with E-state index in [1.807, 2.05) is 24.0 Å². The molecular weight excluding hydrogens is 318 g/mol. The van der Waals surface area contributed by atoms with E-state index in [0.717, 1.165) is 43.7 Å². The highest BCUT2D eigenvalue weighted by Gasteiger charge is 2.24. The molecule has 0 saturated carbocycles.